The molecule has 0 saturated heterocycles. The molecule has 0 spiro atoms. The second-order valence-corrected chi connectivity index (χ2v) is 6.23. The van der Waals surface area contributed by atoms with E-state index in [9.17, 15) is 13.2 Å². The van der Waals surface area contributed by atoms with Crippen molar-refractivity contribution in [2.24, 2.45) is 11.5 Å². The van der Waals surface area contributed by atoms with E-state index >= 15 is 0 Å². The summed E-state index contributed by atoms with van der Waals surface area (Å²) < 4.78 is 26.0. The smallest absolute Gasteiger partial charge is 0.240 e. The van der Waals surface area contributed by atoms with Crippen LogP contribution in [0.15, 0.2) is 23.1 Å². The Hall–Kier alpha value is -1.22. The number of hydrogen-bond donors (Lipinski definition) is 3. The van der Waals surface area contributed by atoms with Gasteiger partial charge in [0.1, 0.15) is 4.99 Å². The van der Waals surface area contributed by atoms with Crippen molar-refractivity contribution >= 4 is 44.7 Å². The molecule has 9 heteroatoms. The lowest BCUT2D eigenvalue weighted by Gasteiger charge is -2.08. The van der Waals surface area contributed by atoms with Crippen molar-refractivity contribution in [3.63, 3.8) is 0 Å². The number of carbonyl (C=O) groups excluding carboxylic acids is 1. The molecule has 0 unspecified atom stereocenters. The molecule has 1 aromatic rings. The number of hydrogen-bond acceptors (Lipinski definition) is 4. The molecule has 1 rings (SSSR count). The Morgan fingerprint density at radius 1 is 1.37 bits per heavy atom. The van der Waals surface area contributed by atoms with Gasteiger partial charge in [0.25, 0.3) is 0 Å². The van der Waals surface area contributed by atoms with Crippen LogP contribution in [0.4, 0.5) is 0 Å². The summed E-state index contributed by atoms with van der Waals surface area (Å²) in [5, 5.41) is 0.144. The second-order valence-electron chi connectivity index (χ2n) is 3.62. The molecule has 0 saturated carbocycles. The van der Waals surface area contributed by atoms with Crippen molar-refractivity contribution in [2.45, 2.75) is 11.3 Å². The van der Waals surface area contributed by atoms with Gasteiger partial charge in [0.2, 0.25) is 15.9 Å². The van der Waals surface area contributed by atoms with Gasteiger partial charge in [-0.25, -0.2) is 13.1 Å². The van der Waals surface area contributed by atoms with Crippen LogP contribution < -0.4 is 16.2 Å². The standard InChI is InChI=1S/C10H12ClN3O3S2/c11-8-5-6(1-2-7(8)10(13)18)19(16,17)14-4-3-9(12)15/h1-2,5,14H,3-4H2,(H2,12,15)(H2,13,18). The van der Waals surface area contributed by atoms with Crippen molar-refractivity contribution in [1.82, 2.24) is 4.72 Å². The summed E-state index contributed by atoms with van der Waals surface area (Å²) in [6, 6.07) is 3.99. The maximum absolute atomic E-state index is 11.9. The summed E-state index contributed by atoms with van der Waals surface area (Å²) in [5.41, 5.74) is 10.7. The highest BCUT2D eigenvalue weighted by atomic mass is 35.5. The zero-order valence-corrected chi connectivity index (χ0v) is 12.1. The Morgan fingerprint density at radius 2 is 2.00 bits per heavy atom. The van der Waals surface area contributed by atoms with Gasteiger partial charge in [-0.15, -0.1) is 0 Å². The normalized spacial score (nSPS) is 11.2. The average molecular weight is 322 g/mol. The molecule has 1 amide bonds. The number of nitrogens with one attached hydrogen (secondary N) is 1. The molecule has 0 aromatic heterocycles. The molecule has 0 fully saturated rings. The van der Waals surface area contributed by atoms with Gasteiger partial charge in [0, 0.05) is 18.5 Å². The van der Waals surface area contributed by atoms with E-state index in [1.165, 1.54) is 18.2 Å². The van der Waals surface area contributed by atoms with Crippen LogP contribution in [0.25, 0.3) is 0 Å². The van der Waals surface area contributed by atoms with Crippen molar-refractivity contribution in [3.8, 4) is 0 Å². The van der Waals surface area contributed by atoms with Gasteiger partial charge in [-0.1, -0.05) is 23.8 Å². The molecule has 0 aliphatic rings. The molecule has 104 valence electrons. The first-order chi connectivity index (χ1) is 8.74. The van der Waals surface area contributed by atoms with Gasteiger partial charge < -0.3 is 11.5 Å². The quantitative estimate of drug-likeness (QED) is 0.644. The molecule has 0 aliphatic carbocycles. The van der Waals surface area contributed by atoms with E-state index in [1.807, 2.05) is 0 Å². The monoisotopic (exact) mass is 321 g/mol. The van der Waals surface area contributed by atoms with E-state index in [2.05, 4.69) is 4.72 Å². The van der Waals surface area contributed by atoms with E-state index in [4.69, 9.17) is 35.3 Å². The summed E-state index contributed by atoms with van der Waals surface area (Å²) in [7, 11) is -3.75. The second kappa shape index (κ2) is 6.29. The number of primary amides is 1. The molecule has 0 atom stereocenters. The summed E-state index contributed by atoms with van der Waals surface area (Å²) in [5.74, 6) is -0.593. The molecule has 5 N–H and O–H groups in total. The van der Waals surface area contributed by atoms with Crippen LogP contribution in [0.2, 0.25) is 5.02 Å². The molecular formula is C10H12ClN3O3S2. The van der Waals surface area contributed by atoms with E-state index < -0.39 is 15.9 Å². The third-order valence-corrected chi connectivity index (χ3v) is 4.17. The van der Waals surface area contributed by atoms with Crippen LogP contribution >= 0.6 is 23.8 Å². The first-order valence-electron chi connectivity index (χ1n) is 5.11. The van der Waals surface area contributed by atoms with E-state index in [0.717, 1.165) is 0 Å². The molecule has 0 aliphatic heterocycles. The predicted octanol–water partition coefficient (Wildman–Crippen LogP) is 0.128. The highest BCUT2D eigenvalue weighted by molar-refractivity contribution is 7.89. The van der Waals surface area contributed by atoms with Gasteiger partial charge in [-0.2, -0.15) is 0 Å². The van der Waals surface area contributed by atoms with Crippen molar-refractivity contribution in [2.75, 3.05) is 6.54 Å². The Kier molecular flexibility index (Phi) is 5.24. The molecule has 0 bridgehead atoms. The molecule has 0 heterocycles. The topological polar surface area (TPSA) is 115 Å². The fourth-order valence-corrected chi connectivity index (χ4v) is 2.89. The number of benzene rings is 1. The van der Waals surface area contributed by atoms with Crippen LogP contribution in [0.3, 0.4) is 0 Å². The van der Waals surface area contributed by atoms with Crippen molar-refractivity contribution in [1.29, 1.82) is 0 Å². The van der Waals surface area contributed by atoms with Crippen LogP contribution in [-0.2, 0) is 14.8 Å². The highest BCUT2D eigenvalue weighted by Crippen LogP contribution is 2.20. The minimum Gasteiger partial charge on any atom is -0.389 e. The first kappa shape index (κ1) is 15.8. The van der Waals surface area contributed by atoms with E-state index in [-0.39, 0.29) is 27.9 Å². The molecule has 0 radical (unpaired) electrons. The predicted molar refractivity (Wildman–Crippen MR) is 76.3 cm³/mol. The van der Waals surface area contributed by atoms with Gasteiger partial charge >= 0.3 is 0 Å². The first-order valence-corrected chi connectivity index (χ1v) is 7.38. The molecular weight excluding hydrogens is 310 g/mol. The van der Waals surface area contributed by atoms with E-state index in [0.29, 0.717) is 5.56 Å². The summed E-state index contributed by atoms with van der Waals surface area (Å²) in [4.78, 5) is 10.6. The van der Waals surface area contributed by atoms with Gasteiger partial charge in [-0.3, -0.25) is 4.79 Å². The Labute approximate surface area is 121 Å². The molecule has 1 aromatic carbocycles. The van der Waals surface area contributed by atoms with Crippen molar-refractivity contribution in [3.05, 3.63) is 28.8 Å². The van der Waals surface area contributed by atoms with Crippen LogP contribution in [0.5, 0.6) is 0 Å². The number of sulfonamides is 1. The number of halogens is 1. The number of carbonyl (C=O) groups is 1. The number of thiocarbonyl (C=S) groups is 1. The van der Waals surface area contributed by atoms with Gasteiger partial charge in [-0.05, 0) is 18.2 Å². The Morgan fingerprint density at radius 3 is 2.47 bits per heavy atom. The average Bonchev–Trinajstić information content (AvgIpc) is 2.27. The third-order valence-electron chi connectivity index (χ3n) is 2.18. The third kappa shape index (κ3) is 4.43. The zero-order chi connectivity index (χ0) is 14.6. The SMILES string of the molecule is NC(=O)CCNS(=O)(=O)c1ccc(C(N)=S)c(Cl)c1. The minimum atomic E-state index is -3.75. The summed E-state index contributed by atoms with van der Waals surface area (Å²) in [6.07, 6.45) is -0.0854. The highest BCUT2D eigenvalue weighted by Gasteiger charge is 2.16. The Bertz CT molecular complexity index is 616. The van der Waals surface area contributed by atoms with Gasteiger partial charge in [0.15, 0.2) is 0 Å². The lowest BCUT2D eigenvalue weighted by atomic mass is 10.2. The largest absolute Gasteiger partial charge is 0.389 e. The van der Waals surface area contributed by atoms with Crippen LogP contribution in [-0.4, -0.2) is 25.9 Å². The van der Waals surface area contributed by atoms with E-state index in [1.54, 1.807) is 0 Å². The van der Waals surface area contributed by atoms with Crippen LogP contribution in [0.1, 0.15) is 12.0 Å². The molecule has 19 heavy (non-hydrogen) atoms. The lowest BCUT2D eigenvalue weighted by molar-refractivity contribution is -0.117. The number of amides is 1. The minimum absolute atomic E-state index is 0.0398. The van der Waals surface area contributed by atoms with Crippen LogP contribution in [0, 0.1) is 0 Å². The molecule has 6 nitrogen and oxygen atoms in total. The summed E-state index contributed by atoms with van der Waals surface area (Å²) in [6.45, 7) is -0.0770. The maximum Gasteiger partial charge on any atom is 0.240 e. The fraction of sp³-hybridized carbons (Fsp3) is 0.200. The number of rotatable bonds is 6. The Balaban J connectivity index is 2.93. The fourth-order valence-electron chi connectivity index (χ4n) is 1.25. The van der Waals surface area contributed by atoms with Gasteiger partial charge in [0.05, 0.1) is 9.92 Å². The zero-order valence-electron chi connectivity index (χ0n) is 9.72. The lowest BCUT2D eigenvalue weighted by Crippen LogP contribution is -2.28. The maximum atomic E-state index is 11.9. The number of nitrogens with two attached hydrogens (primary N) is 2. The van der Waals surface area contributed by atoms with Crippen molar-refractivity contribution < 1.29 is 13.2 Å². The summed E-state index contributed by atoms with van der Waals surface area (Å²) >= 11 is 10.6.